The monoisotopic (exact) mass is 425 g/mol. The molecule has 2 aromatic carbocycles. The number of carbonyl (C=O) groups is 1. The first-order chi connectivity index (χ1) is 14.7. The first-order valence-corrected chi connectivity index (χ1v) is 11.0. The van der Waals surface area contributed by atoms with Gasteiger partial charge in [0.05, 0.1) is 25.9 Å². The van der Waals surface area contributed by atoms with Crippen LogP contribution in [0.4, 0.5) is 0 Å². The molecule has 1 amide bonds. The van der Waals surface area contributed by atoms with Crippen LogP contribution in [0.25, 0.3) is 0 Å². The van der Waals surface area contributed by atoms with E-state index in [1.807, 2.05) is 68.6 Å². The molecular weight excluding hydrogens is 398 g/mol. The summed E-state index contributed by atoms with van der Waals surface area (Å²) in [5.41, 5.74) is 1.48. The Hall–Kier alpha value is -2.99. The Morgan fingerprint density at radius 1 is 0.900 bits per heavy atom. The highest BCUT2D eigenvalue weighted by atomic mass is 32.1. The van der Waals surface area contributed by atoms with Crippen LogP contribution in [0.2, 0.25) is 0 Å². The minimum absolute atomic E-state index is 0.206. The molecule has 1 atom stereocenters. The number of ether oxygens (including phenoxy) is 3. The van der Waals surface area contributed by atoms with Crippen molar-refractivity contribution in [2.24, 2.45) is 0 Å². The second-order valence-corrected chi connectivity index (χ2v) is 7.41. The molecule has 0 saturated heterocycles. The molecule has 1 heterocycles. The smallest absolute Gasteiger partial charge is 0.252 e. The number of rotatable bonds is 10. The lowest BCUT2D eigenvalue weighted by Gasteiger charge is -2.20. The number of hydrogen-bond acceptors (Lipinski definition) is 5. The zero-order valence-corrected chi connectivity index (χ0v) is 18.3. The normalized spacial score (nSPS) is 11.6. The molecule has 0 saturated carbocycles. The van der Waals surface area contributed by atoms with Gasteiger partial charge in [0, 0.05) is 10.4 Å². The van der Waals surface area contributed by atoms with Gasteiger partial charge in [0.2, 0.25) is 5.75 Å². The van der Waals surface area contributed by atoms with E-state index in [0.29, 0.717) is 42.6 Å². The molecule has 0 radical (unpaired) electrons. The van der Waals surface area contributed by atoms with E-state index in [1.54, 1.807) is 23.5 Å². The Morgan fingerprint density at radius 3 is 2.07 bits per heavy atom. The molecule has 158 valence electrons. The fourth-order valence-corrected chi connectivity index (χ4v) is 3.96. The van der Waals surface area contributed by atoms with Crippen molar-refractivity contribution in [3.63, 3.8) is 0 Å². The molecule has 0 aliphatic heterocycles. The minimum Gasteiger partial charge on any atom is -0.490 e. The maximum absolute atomic E-state index is 13.2. The van der Waals surface area contributed by atoms with E-state index in [2.05, 4.69) is 5.32 Å². The van der Waals surface area contributed by atoms with Crippen molar-refractivity contribution in [2.75, 3.05) is 19.8 Å². The molecule has 1 aromatic heterocycles. The molecule has 0 spiro atoms. The van der Waals surface area contributed by atoms with Crippen LogP contribution in [0.15, 0.2) is 60.0 Å². The molecule has 0 aliphatic carbocycles. The van der Waals surface area contributed by atoms with Crippen molar-refractivity contribution in [3.8, 4) is 17.2 Å². The van der Waals surface area contributed by atoms with Gasteiger partial charge in [-0.05, 0) is 49.9 Å². The highest BCUT2D eigenvalue weighted by Crippen LogP contribution is 2.39. The molecule has 6 heteroatoms. The van der Waals surface area contributed by atoms with Crippen LogP contribution < -0.4 is 19.5 Å². The third-order valence-corrected chi connectivity index (χ3v) is 5.34. The van der Waals surface area contributed by atoms with E-state index in [4.69, 9.17) is 14.2 Å². The maximum atomic E-state index is 13.2. The van der Waals surface area contributed by atoms with Crippen molar-refractivity contribution >= 4 is 17.2 Å². The quantitative estimate of drug-likeness (QED) is 0.468. The van der Waals surface area contributed by atoms with Crippen LogP contribution in [0.5, 0.6) is 17.2 Å². The highest BCUT2D eigenvalue weighted by molar-refractivity contribution is 7.10. The van der Waals surface area contributed by atoms with E-state index < -0.39 is 0 Å². The van der Waals surface area contributed by atoms with E-state index in [9.17, 15) is 4.79 Å². The number of benzene rings is 2. The SMILES string of the molecule is CCOc1cc(C(=O)N[C@@H](c2ccccc2)c2cccs2)cc(OCC)c1OCC. The van der Waals surface area contributed by atoms with Gasteiger partial charge in [0.1, 0.15) is 0 Å². The average Bonchev–Trinajstić information content (AvgIpc) is 3.29. The average molecular weight is 426 g/mol. The number of amides is 1. The van der Waals surface area contributed by atoms with Gasteiger partial charge in [-0.3, -0.25) is 4.79 Å². The Balaban J connectivity index is 1.96. The van der Waals surface area contributed by atoms with Crippen LogP contribution in [-0.2, 0) is 0 Å². The Morgan fingerprint density at radius 2 is 1.53 bits per heavy atom. The number of carbonyl (C=O) groups excluding carboxylic acids is 1. The van der Waals surface area contributed by atoms with Crippen LogP contribution >= 0.6 is 11.3 Å². The minimum atomic E-state index is -0.239. The summed E-state index contributed by atoms with van der Waals surface area (Å²) in [4.78, 5) is 14.3. The zero-order chi connectivity index (χ0) is 21.3. The van der Waals surface area contributed by atoms with Gasteiger partial charge in [0.25, 0.3) is 5.91 Å². The van der Waals surface area contributed by atoms with Gasteiger partial charge < -0.3 is 19.5 Å². The van der Waals surface area contributed by atoms with Crippen molar-refractivity contribution in [2.45, 2.75) is 26.8 Å². The first kappa shape index (κ1) is 21.7. The molecule has 0 bridgehead atoms. The van der Waals surface area contributed by atoms with Crippen molar-refractivity contribution in [1.29, 1.82) is 0 Å². The fourth-order valence-electron chi connectivity index (χ4n) is 3.15. The third-order valence-electron chi connectivity index (χ3n) is 4.41. The van der Waals surface area contributed by atoms with E-state index in [0.717, 1.165) is 10.4 Å². The van der Waals surface area contributed by atoms with Gasteiger partial charge in [-0.2, -0.15) is 0 Å². The van der Waals surface area contributed by atoms with Gasteiger partial charge >= 0.3 is 0 Å². The molecule has 3 rings (SSSR count). The molecule has 1 N–H and O–H groups in total. The summed E-state index contributed by atoms with van der Waals surface area (Å²) < 4.78 is 17.2. The molecule has 0 unspecified atom stereocenters. The van der Waals surface area contributed by atoms with E-state index >= 15 is 0 Å². The number of hydrogen-bond donors (Lipinski definition) is 1. The lowest BCUT2D eigenvalue weighted by atomic mass is 10.0. The Labute approximate surface area is 181 Å². The summed E-state index contributed by atoms with van der Waals surface area (Å²) in [7, 11) is 0. The summed E-state index contributed by atoms with van der Waals surface area (Å²) in [6.45, 7) is 7.07. The van der Waals surface area contributed by atoms with Gasteiger partial charge in [0.15, 0.2) is 11.5 Å². The van der Waals surface area contributed by atoms with Gasteiger partial charge in [-0.1, -0.05) is 36.4 Å². The summed E-state index contributed by atoms with van der Waals surface area (Å²) in [6, 6.07) is 17.1. The summed E-state index contributed by atoms with van der Waals surface area (Å²) in [5, 5.41) is 5.17. The molecule has 30 heavy (non-hydrogen) atoms. The maximum Gasteiger partial charge on any atom is 0.252 e. The predicted molar refractivity (Wildman–Crippen MR) is 120 cm³/mol. The fraction of sp³-hybridized carbons (Fsp3) is 0.292. The lowest BCUT2D eigenvalue weighted by Crippen LogP contribution is -2.29. The molecule has 3 aromatic rings. The Kier molecular flexibility index (Phi) is 7.74. The molecular formula is C24H27NO4S. The lowest BCUT2D eigenvalue weighted by molar-refractivity contribution is 0.0942. The molecule has 5 nitrogen and oxygen atoms in total. The molecule has 0 aliphatic rings. The van der Waals surface area contributed by atoms with Crippen molar-refractivity contribution in [3.05, 3.63) is 76.0 Å². The van der Waals surface area contributed by atoms with E-state index in [1.165, 1.54) is 0 Å². The van der Waals surface area contributed by atoms with Crippen molar-refractivity contribution in [1.82, 2.24) is 5.32 Å². The predicted octanol–water partition coefficient (Wildman–Crippen LogP) is 5.46. The van der Waals surface area contributed by atoms with Crippen molar-refractivity contribution < 1.29 is 19.0 Å². The van der Waals surface area contributed by atoms with Crippen LogP contribution in [-0.4, -0.2) is 25.7 Å². The van der Waals surface area contributed by atoms with Crippen LogP contribution in [0.3, 0.4) is 0 Å². The largest absolute Gasteiger partial charge is 0.490 e. The summed E-state index contributed by atoms with van der Waals surface area (Å²) in [5.74, 6) is 1.32. The first-order valence-electron chi connectivity index (χ1n) is 10.1. The number of nitrogens with one attached hydrogen (secondary N) is 1. The topological polar surface area (TPSA) is 56.8 Å². The van der Waals surface area contributed by atoms with Crippen LogP contribution in [0, 0.1) is 0 Å². The number of thiophene rings is 1. The second-order valence-electron chi connectivity index (χ2n) is 6.43. The van der Waals surface area contributed by atoms with Crippen LogP contribution in [0.1, 0.15) is 47.6 Å². The van der Waals surface area contributed by atoms with E-state index in [-0.39, 0.29) is 11.9 Å². The summed E-state index contributed by atoms with van der Waals surface area (Å²) >= 11 is 1.61. The zero-order valence-electron chi connectivity index (χ0n) is 17.5. The molecule has 0 fully saturated rings. The standard InChI is InChI=1S/C24H27NO4S/c1-4-27-19-15-18(16-20(28-5-2)23(19)29-6-3)24(26)25-22(21-13-10-14-30-21)17-11-8-7-9-12-17/h7-16,22H,4-6H2,1-3H3,(H,25,26)/t22-/m0/s1. The second kappa shape index (κ2) is 10.7. The summed E-state index contributed by atoms with van der Waals surface area (Å²) in [6.07, 6.45) is 0. The van der Waals surface area contributed by atoms with Gasteiger partial charge in [-0.15, -0.1) is 11.3 Å². The third kappa shape index (κ3) is 5.13. The van der Waals surface area contributed by atoms with Gasteiger partial charge in [-0.25, -0.2) is 0 Å². The highest BCUT2D eigenvalue weighted by Gasteiger charge is 2.22. The Bertz CT molecular complexity index is 914.